The number of rotatable bonds is 2. The van der Waals surface area contributed by atoms with E-state index in [1.54, 1.807) is 0 Å². The second-order valence-corrected chi connectivity index (χ2v) is 5.10. The molecule has 16 heavy (non-hydrogen) atoms. The molecule has 0 amide bonds. The van der Waals surface area contributed by atoms with Crippen molar-refractivity contribution in [1.82, 2.24) is 4.90 Å². The second-order valence-electron chi connectivity index (χ2n) is 4.24. The van der Waals surface area contributed by atoms with E-state index in [0.717, 1.165) is 19.5 Å². The van der Waals surface area contributed by atoms with Crippen molar-refractivity contribution >= 4 is 28.3 Å². The van der Waals surface area contributed by atoms with E-state index in [9.17, 15) is 0 Å². The lowest BCUT2D eigenvalue weighted by molar-refractivity contribution is 0.259. The summed E-state index contributed by atoms with van der Waals surface area (Å²) < 4.78 is 1.19. The number of hydrogen-bond acceptors (Lipinski definition) is 2. The van der Waals surface area contributed by atoms with Gasteiger partial charge in [0.05, 0.1) is 0 Å². The van der Waals surface area contributed by atoms with E-state index in [2.05, 4.69) is 52.0 Å². The molecular weight excluding hydrogens is 288 g/mol. The van der Waals surface area contributed by atoms with Crippen LogP contribution in [0, 0.1) is 0 Å². The Kier molecular flexibility index (Phi) is 5.25. The Morgan fingerprint density at radius 1 is 1.44 bits per heavy atom. The van der Waals surface area contributed by atoms with Crippen LogP contribution in [0.15, 0.2) is 28.7 Å². The lowest BCUT2D eigenvalue weighted by atomic mass is 10.1. The molecule has 0 radical (unpaired) electrons. The van der Waals surface area contributed by atoms with Gasteiger partial charge in [0, 0.05) is 29.6 Å². The third-order valence-corrected chi connectivity index (χ3v) is 3.88. The average Bonchev–Trinajstić information content (AvgIpc) is 2.65. The summed E-state index contributed by atoms with van der Waals surface area (Å²) in [5, 5.41) is 0. The normalized spacial score (nSPS) is 22.8. The Hall–Kier alpha value is -0.0900. The molecule has 4 heteroatoms. The molecule has 2 N–H and O–H groups in total. The predicted molar refractivity (Wildman–Crippen MR) is 74.0 cm³/mol. The highest BCUT2D eigenvalue weighted by Crippen LogP contribution is 2.29. The van der Waals surface area contributed by atoms with Gasteiger partial charge in [-0.15, -0.1) is 12.4 Å². The van der Waals surface area contributed by atoms with E-state index >= 15 is 0 Å². The lowest BCUT2D eigenvalue weighted by Crippen LogP contribution is -2.28. The van der Waals surface area contributed by atoms with Gasteiger partial charge in [-0.25, -0.2) is 0 Å². The first kappa shape index (κ1) is 14.0. The minimum absolute atomic E-state index is 0. The number of halogens is 2. The van der Waals surface area contributed by atoms with Crippen LogP contribution >= 0.6 is 28.3 Å². The molecule has 1 fully saturated rings. The summed E-state index contributed by atoms with van der Waals surface area (Å²) in [7, 11) is 0. The maximum Gasteiger partial charge on any atom is 0.0331 e. The Labute approximate surface area is 112 Å². The molecule has 1 heterocycles. The largest absolute Gasteiger partial charge is 0.326 e. The van der Waals surface area contributed by atoms with Crippen molar-refractivity contribution in [2.45, 2.75) is 25.4 Å². The molecule has 1 saturated heterocycles. The number of benzene rings is 1. The number of nitrogens with zero attached hydrogens (tertiary/aromatic N) is 1. The van der Waals surface area contributed by atoms with E-state index in [1.807, 2.05) is 0 Å². The number of hydrogen-bond donors (Lipinski definition) is 1. The fourth-order valence-corrected chi connectivity index (χ4v) is 2.79. The van der Waals surface area contributed by atoms with Crippen LogP contribution in [0.5, 0.6) is 0 Å². The van der Waals surface area contributed by atoms with E-state index in [0.29, 0.717) is 12.1 Å². The molecule has 0 aliphatic carbocycles. The number of nitrogens with two attached hydrogens (primary N) is 1. The topological polar surface area (TPSA) is 29.3 Å². The molecule has 2 unspecified atom stereocenters. The van der Waals surface area contributed by atoms with E-state index in [-0.39, 0.29) is 12.4 Å². The van der Waals surface area contributed by atoms with Crippen molar-refractivity contribution in [1.29, 1.82) is 0 Å². The smallest absolute Gasteiger partial charge is 0.0331 e. The van der Waals surface area contributed by atoms with Crippen LogP contribution in [0.25, 0.3) is 0 Å². The summed E-state index contributed by atoms with van der Waals surface area (Å²) in [6, 6.07) is 9.23. The monoisotopic (exact) mass is 304 g/mol. The summed E-state index contributed by atoms with van der Waals surface area (Å²) >= 11 is 3.60. The summed E-state index contributed by atoms with van der Waals surface area (Å²) in [6.07, 6.45) is 1.12. The second kappa shape index (κ2) is 6.01. The van der Waals surface area contributed by atoms with Crippen LogP contribution in [0.1, 0.15) is 24.9 Å². The van der Waals surface area contributed by atoms with Crippen LogP contribution in [0.2, 0.25) is 0 Å². The SMILES string of the molecule is CC(c1ccccc1Br)N1CCC(N)C1.Cl. The molecular formula is C12H18BrClN2. The molecule has 0 saturated carbocycles. The number of likely N-dealkylation sites (tertiary alicyclic amines) is 1. The molecule has 1 aromatic carbocycles. The highest BCUT2D eigenvalue weighted by atomic mass is 79.9. The highest BCUT2D eigenvalue weighted by Gasteiger charge is 2.25. The summed E-state index contributed by atoms with van der Waals surface area (Å²) in [5.74, 6) is 0. The van der Waals surface area contributed by atoms with Gasteiger partial charge in [0.2, 0.25) is 0 Å². The quantitative estimate of drug-likeness (QED) is 0.910. The lowest BCUT2D eigenvalue weighted by Gasteiger charge is -2.25. The summed E-state index contributed by atoms with van der Waals surface area (Å²) in [4.78, 5) is 2.45. The van der Waals surface area contributed by atoms with Crippen molar-refractivity contribution in [3.8, 4) is 0 Å². The van der Waals surface area contributed by atoms with Crippen LogP contribution in [0.3, 0.4) is 0 Å². The molecule has 0 bridgehead atoms. The molecule has 2 nitrogen and oxygen atoms in total. The maximum atomic E-state index is 5.93. The Morgan fingerprint density at radius 3 is 2.69 bits per heavy atom. The van der Waals surface area contributed by atoms with E-state index in [1.165, 1.54) is 10.0 Å². The molecule has 90 valence electrons. The first-order valence-electron chi connectivity index (χ1n) is 5.42. The van der Waals surface area contributed by atoms with Crippen LogP contribution in [-0.4, -0.2) is 24.0 Å². The van der Waals surface area contributed by atoms with Gasteiger partial charge in [-0.2, -0.15) is 0 Å². The maximum absolute atomic E-state index is 5.93. The van der Waals surface area contributed by atoms with Crippen LogP contribution in [0.4, 0.5) is 0 Å². The van der Waals surface area contributed by atoms with Gasteiger partial charge >= 0.3 is 0 Å². The van der Waals surface area contributed by atoms with Gasteiger partial charge in [0.25, 0.3) is 0 Å². The Balaban J connectivity index is 0.00000128. The molecule has 2 atom stereocenters. The standard InChI is InChI=1S/C12H17BrN2.ClH/c1-9(15-7-6-10(14)8-15)11-4-2-3-5-12(11)13;/h2-5,9-10H,6-8,14H2,1H3;1H. The fraction of sp³-hybridized carbons (Fsp3) is 0.500. The van der Waals surface area contributed by atoms with Gasteiger partial charge in [0.1, 0.15) is 0 Å². The zero-order chi connectivity index (χ0) is 10.8. The molecule has 1 aliphatic heterocycles. The third kappa shape index (κ3) is 2.98. The summed E-state index contributed by atoms with van der Waals surface area (Å²) in [6.45, 7) is 4.38. The van der Waals surface area contributed by atoms with Crippen molar-refractivity contribution in [3.05, 3.63) is 34.3 Å². The van der Waals surface area contributed by atoms with E-state index < -0.39 is 0 Å². The Morgan fingerprint density at radius 2 is 2.12 bits per heavy atom. The van der Waals surface area contributed by atoms with Gasteiger partial charge in [-0.05, 0) is 25.0 Å². The van der Waals surface area contributed by atoms with Crippen LogP contribution in [-0.2, 0) is 0 Å². The van der Waals surface area contributed by atoms with Crippen LogP contribution < -0.4 is 5.73 Å². The molecule has 1 aromatic rings. The minimum atomic E-state index is 0. The summed E-state index contributed by atoms with van der Waals surface area (Å²) in [5.41, 5.74) is 7.28. The van der Waals surface area contributed by atoms with Crippen molar-refractivity contribution in [2.75, 3.05) is 13.1 Å². The third-order valence-electron chi connectivity index (χ3n) is 3.16. The fourth-order valence-electron chi connectivity index (χ4n) is 2.18. The average molecular weight is 306 g/mol. The predicted octanol–water partition coefficient (Wildman–Crippen LogP) is 2.96. The van der Waals surface area contributed by atoms with Crippen molar-refractivity contribution in [2.24, 2.45) is 5.73 Å². The van der Waals surface area contributed by atoms with Gasteiger partial charge in [-0.1, -0.05) is 34.1 Å². The molecule has 0 spiro atoms. The molecule has 1 aliphatic rings. The molecule has 2 rings (SSSR count). The van der Waals surface area contributed by atoms with Crippen molar-refractivity contribution in [3.63, 3.8) is 0 Å². The first-order chi connectivity index (χ1) is 7.18. The zero-order valence-electron chi connectivity index (χ0n) is 9.40. The zero-order valence-corrected chi connectivity index (χ0v) is 11.8. The van der Waals surface area contributed by atoms with Gasteiger partial charge in [-0.3, -0.25) is 4.90 Å². The first-order valence-corrected chi connectivity index (χ1v) is 6.22. The van der Waals surface area contributed by atoms with Gasteiger partial charge < -0.3 is 5.73 Å². The molecule has 0 aromatic heterocycles. The highest BCUT2D eigenvalue weighted by molar-refractivity contribution is 9.10. The van der Waals surface area contributed by atoms with E-state index in [4.69, 9.17) is 5.73 Å². The minimum Gasteiger partial charge on any atom is -0.326 e. The van der Waals surface area contributed by atoms with Gasteiger partial charge in [0.15, 0.2) is 0 Å². The van der Waals surface area contributed by atoms with Crippen molar-refractivity contribution < 1.29 is 0 Å². The Bertz CT molecular complexity index is 346.